The lowest BCUT2D eigenvalue weighted by atomic mass is 9.88. The van der Waals surface area contributed by atoms with Gasteiger partial charge >= 0.3 is 5.97 Å². The summed E-state index contributed by atoms with van der Waals surface area (Å²) in [7, 11) is -3.80. The minimum absolute atomic E-state index is 0.0273. The fraction of sp³-hybridized carbons (Fsp3) is 0.440. The zero-order chi connectivity index (χ0) is 25.7. The number of carboxylic acid groups (broad SMARTS) is 1. The molecule has 2 aromatic heterocycles. The van der Waals surface area contributed by atoms with E-state index in [0.717, 1.165) is 35.3 Å². The van der Waals surface area contributed by atoms with Crippen molar-refractivity contribution in [1.82, 2.24) is 24.3 Å². The molecular formula is C25H31N5O5S. The highest BCUT2D eigenvalue weighted by atomic mass is 32.2. The van der Waals surface area contributed by atoms with Crippen molar-refractivity contribution in [3.63, 3.8) is 0 Å². The quantitative estimate of drug-likeness (QED) is 0.438. The number of fused-ring (bicyclic) bond motifs is 1. The zero-order valence-corrected chi connectivity index (χ0v) is 21.3. The Morgan fingerprint density at radius 3 is 2.89 bits per heavy atom. The first-order valence-electron chi connectivity index (χ1n) is 12.0. The maximum absolute atomic E-state index is 13.3. The Morgan fingerprint density at radius 2 is 2.11 bits per heavy atom. The number of benzene rings is 1. The van der Waals surface area contributed by atoms with Crippen LogP contribution in [-0.2, 0) is 34.3 Å². The van der Waals surface area contributed by atoms with E-state index in [1.807, 2.05) is 31.3 Å². The smallest absolute Gasteiger partial charge is 0.303 e. The van der Waals surface area contributed by atoms with Crippen molar-refractivity contribution < 1.29 is 23.1 Å². The van der Waals surface area contributed by atoms with E-state index in [9.17, 15) is 18.3 Å². The average Bonchev–Trinajstić information content (AvgIpc) is 3.25. The predicted molar refractivity (Wildman–Crippen MR) is 132 cm³/mol. The van der Waals surface area contributed by atoms with Gasteiger partial charge in [-0.25, -0.2) is 8.42 Å². The van der Waals surface area contributed by atoms with Crippen LogP contribution in [0.3, 0.4) is 0 Å². The first-order chi connectivity index (χ1) is 17.3. The molecule has 3 aromatic rings. The number of aromatic nitrogens is 4. The molecule has 1 atom stereocenters. The van der Waals surface area contributed by atoms with Crippen molar-refractivity contribution in [3.05, 3.63) is 65.2 Å². The molecule has 0 fully saturated rings. The van der Waals surface area contributed by atoms with Gasteiger partial charge in [0.1, 0.15) is 17.3 Å². The molecule has 0 aliphatic carbocycles. The Labute approximate surface area is 211 Å². The molecule has 1 aliphatic rings. The minimum atomic E-state index is -3.80. The Morgan fingerprint density at radius 1 is 1.28 bits per heavy atom. The predicted octanol–water partition coefficient (Wildman–Crippen LogP) is 3.17. The SMILES string of the molecule is CCCn1cc(CCC(CC(=O)O)c2ccc(C)c(CN3CCOc4ccncc4S3(=O)=O)c2)nn1. The normalized spacial score (nSPS) is 16.1. The Balaban J connectivity index is 1.56. The van der Waals surface area contributed by atoms with Crippen molar-refractivity contribution in [2.45, 2.75) is 63.4 Å². The fourth-order valence-electron chi connectivity index (χ4n) is 4.38. The van der Waals surface area contributed by atoms with Crippen LogP contribution in [0.15, 0.2) is 47.8 Å². The number of aliphatic carboxylic acids is 1. The van der Waals surface area contributed by atoms with Gasteiger partial charge in [0, 0.05) is 32.0 Å². The molecule has 36 heavy (non-hydrogen) atoms. The van der Waals surface area contributed by atoms with Gasteiger partial charge < -0.3 is 9.84 Å². The summed E-state index contributed by atoms with van der Waals surface area (Å²) < 4.78 is 35.5. The molecule has 0 saturated carbocycles. The first kappa shape index (κ1) is 25.8. The van der Waals surface area contributed by atoms with Crippen LogP contribution in [0.2, 0.25) is 0 Å². The van der Waals surface area contributed by atoms with Crippen molar-refractivity contribution in [3.8, 4) is 5.75 Å². The largest absolute Gasteiger partial charge is 0.491 e. The number of nitrogens with zero attached hydrogens (tertiary/aromatic N) is 5. The molecule has 1 unspecified atom stereocenters. The van der Waals surface area contributed by atoms with Crippen molar-refractivity contribution in [2.75, 3.05) is 13.2 Å². The van der Waals surface area contributed by atoms with Gasteiger partial charge in [-0.05, 0) is 54.9 Å². The van der Waals surface area contributed by atoms with E-state index in [-0.39, 0.29) is 36.9 Å². The van der Waals surface area contributed by atoms with E-state index in [0.29, 0.717) is 18.6 Å². The van der Waals surface area contributed by atoms with E-state index < -0.39 is 16.0 Å². The Hall–Kier alpha value is -3.31. The van der Waals surface area contributed by atoms with Crippen LogP contribution in [0.25, 0.3) is 0 Å². The van der Waals surface area contributed by atoms with Crippen LogP contribution in [0.1, 0.15) is 54.5 Å². The highest BCUT2D eigenvalue weighted by Gasteiger charge is 2.31. The van der Waals surface area contributed by atoms with E-state index in [4.69, 9.17) is 4.74 Å². The molecule has 11 heteroatoms. The highest BCUT2D eigenvalue weighted by Crippen LogP contribution is 2.31. The summed E-state index contributed by atoms with van der Waals surface area (Å²) in [6, 6.07) is 7.34. The molecule has 1 aromatic carbocycles. The third-order valence-corrected chi connectivity index (χ3v) is 8.22. The number of carboxylic acids is 1. The van der Waals surface area contributed by atoms with Gasteiger partial charge in [0.15, 0.2) is 0 Å². The second-order valence-corrected chi connectivity index (χ2v) is 10.9. The number of sulfonamides is 1. The number of hydrogen-bond donors (Lipinski definition) is 1. The minimum Gasteiger partial charge on any atom is -0.491 e. The van der Waals surface area contributed by atoms with Gasteiger partial charge in [-0.1, -0.05) is 30.3 Å². The number of ether oxygens (including phenoxy) is 1. The molecular weight excluding hydrogens is 482 g/mol. The number of carbonyl (C=O) groups is 1. The summed E-state index contributed by atoms with van der Waals surface area (Å²) in [5, 5.41) is 17.9. The summed E-state index contributed by atoms with van der Waals surface area (Å²) in [6.45, 7) is 5.37. The molecule has 0 amide bonds. The molecule has 3 heterocycles. The standard InChI is InChI=1S/C25H31N5O5S/c1-3-10-29-17-22(27-28-29)7-6-20(14-25(31)32)19-5-4-18(2)21(13-19)16-30-11-12-35-23-8-9-26-15-24(23)36(30,33)34/h4-5,8-9,13,15,17,20H,3,6-7,10-12,14,16H2,1-2H3,(H,31,32). The molecule has 0 radical (unpaired) electrons. The second-order valence-electron chi connectivity index (χ2n) is 9.00. The summed E-state index contributed by atoms with van der Waals surface area (Å²) in [5.41, 5.74) is 3.45. The molecule has 1 aliphatic heterocycles. The van der Waals surface area contributed by atoms with Crippen LogP contribution in [-0.4, -0.2) is 56.9 Å². The lowest BCUT2D eigenvalue weighted by Gasteiger charge is -2.22. The van der Waals surface area contributed by atoms with E-state index in [2.05, 4.69) is 22.2 Å². The van der Waals surface area contributed by atoms with Crippen LogP contribution in [0, 0.1) is 6.92 Å². The van der Waals surface area contributed by atoms with Crippen molar-refractivity contribution >= 4 is 16.0 Å². The number of pyridine rings is 1. The second kappa shape index (κ2) is 11.2. The highest BCUT2D eigenvalue weighted by molar-refractivity contribution is 7.89. The van der Waals surface area contributed by atoms with Gasteiger partial charge in [-0.15, -0.1) is 5.10 Å². The van der Waals surface area contributed by atoms with Crippen LogP contribution in [0.5, 0.6) is 5.75 Å². The summed E-state index contributed by atoms with van der Waals surface area (Å²) in [6.07, 6.45) is 6.84. The summed E-state index contributed by atoms with van der Waals surface area (Å²) in [4.78, 5) is 15.7. The van der Waals surface area contributed by atoms with Crippen molar-refractivity contribution in [1.29, 1.82) is 0 Å². The van der Waals surface area contributed by atoms with Crippen molar-refractivity contribution in [2.24, 2.45) is 0 Å². The molecule has 192 valence electrons. The first-order valence-corrected chi connectivity index (χ1v) is 13.5. The lowest BCUT2D eigenvalue weighted by molar-refractivity contribution is -0.137. The lowest BCUT2D eigenvalue weighted by Crippen LogP contribution is -2.32. The van der Waals surface area contributed by atoms with Gasteiger partial charge in [0.2, 0.25) is 10.0 Å². The van der Waals surface area contributed by atoms with Crippen LogP contribution < -0.4 is 4.74 Å². The van der Waals surface area contributed by atoms with Gasteiger partial charge in [0.25, 0.3) is 0 Å². The molecule has 0 saturated heterocycles. The monoisotopic (exact) mass is 513 g/mol. The molecule has 10 nitrogen and oxygen atoms in total. The topological polar surface area (TPSA) is 128 Å². The molecule has 4 rings (SSSR count). The number of rotatable bonds is 10. The van der Waals surface area contributed by atoms with Gasteiger partial charge in [-0.2, -0.15) is 4.31 Å². The number of aryl methyl sites for hydroxylation is 3. The number of hydrogen-bond acceptors (Lipinski definition) is 7. The van der Waals surface area contributed by atoms with E-state index in [1.165, 1.54) is 16.7 Å². The molecule has 1 N–H and O–H groups in total. The van der Waals surface area contributed by atoms with E-state index in [1.54, 1.807) is 10.7 Å². The summed E-state index contributed by atoms with van der Waals surface area (Å²) in [5.74, 6) is -0.823. The molecule has 0 spiro atoms. The maximum Gasteiger partial charge on any atom is 0.303 e. The third-order valence-electron chi connectivity index (χ3n) is 6.36. The van der Waals surface area contributed by atoms with Gasteiger partial charge in [0.05, 0.1) is 18.3 Å². The Bertz CT molecular complexity index is 1320. The van der Waals surface area contributed by atoms with Gasteiger partial charge in [-0.3, -0.25) is 14.5 Å². The zero-order valence-electron chi connectivity index (χ0n) is 20.5. The third kappa shape index (κ3) is 5.90. The summed E-state index contributed by atoms with van der Waals surface area (Å²) >= 11 is 0. The van der Waals surface area contributed by atoms with Crippen LogP contribution in [0.4, 0.5) is 0 Å². The average molecular weight is 514 g/mol. The van der Waals surface area contributed by atoms with Crippen LogP contribution >= 0.6 is 0 Å². The fourth-order valence-corrected chi connectivity index (χ4v) is 5.85. The van der Waals surface area contributed by atoms with E-state index >= 15 is 0 Å². The maximum atomic E-state index is 13.3. The Kier molecular flexibility index (Phi) is 8.00. The molecule has 0 bridgehead atoms.